The SMILES string of the molecule is O=C(NCC1CCCC1)c1ccc(N2CCc3ccccc3C2)cc1. The fourth-order valence-electron chi connectivity index (χ4n) is 4.09. The van der Waals surface area contributed by atoms with Crippen LogP contribution >= 0.6 is 0 Å². The first kappa shape index (κ1) is 16.2. The predicted molar refractivity (Wildman–Crippen MR) is 102 cm³/mol. The van der Waals surface area contributed by atoms with Gasteiger partial charge in [-0.25, -0.2) is 0 Å². The summed E-state index contributed by atoms with van der Waals surface area (Å²) in [6, 6.07) is 16.8. The average molecular weight is 334 g/mol. The highest BCUT2D eigenvalue weighted by Gasteiger charge is 2.18. The zero-order valence-electron chi connectivity index (χ0n) is 14.7. The van der Waals surface area contributed by atoms with Crippen molar-refractivity contribution in [2.45, 2.75) is 38.6 Å². The molecule has 2 aliphatic rings. The van der Waals surface area contributed by atoms with Crippen molar-refractivity contribution < 1.29 is 4.79 Å². The molecule has 1 amide bonds. The number of carbonyl (C=O) groups is 1. The topological polar surface area (TPSA) is 32.3 Å². The fourth-order valence-corrected chi connectivity index (χ4v) is 4.09. The van der Waals surface area contributed by atoms with Crippen LogP contribution in [-0.2, 0) is 13.0 Å². The quantitative estimate of drug-likeness (QED) is 0.910. The maximum atomic E-state index is 12.3. The lowest BCUT2D eigenvalue weighted by atomic mass is 9.99. The Morgan fingerprint density at radius 3 is 2.48 bits per heavy atom. The van der Waals surface area contributed by atoms with Crippen molar-refractivity contribution in [2.75, 3.05) is 18.0 Å². The third-order valence-corrected chi connectivity index (χ3v) is 5.65. The normalized spacial score (nSPS) is 17.4. The second-order valence-electron chi connectivity index (χ2n) is 7.35. The summed E-state index contributed by atoms with van der Waals surface area (Å²) in [6.07, 6.45) is 6.23. The van der Waals surface area contributed by atoms with Gasteiger partial charge in [0.15, 0.2) is 0 Å². The molecule has 0 atom stereocenters. The van der Waals surface area contributed by atoms with Crippen molar-refractivity contribution in [1.82, 2.24) is 5.32 Å². The Morgan fingerprint density at radius 1 is 1.00 bits per heavy atom. The Kier molecular flexibility index (Phi) is 4.73. The monoisotopic (exact) mass is 334 g/mol. The fraction of sp³-hybridized carbons (Fsp3) is 0.409. The first-order valence-electron chi connectivity index (χ1n) is 9.49. The molecule has 0 saturated heterocycles. The molecule has 25 heavy (non-hydrogen) atoms. The van der Waals surface area contributed by atoms with Gasteiger partial charge in [-0.15, -0.1) is 0 Å². The number of fused-ring (bicyclic) bond motifs is 1. The third-order valence-electron chi connectivity index (χ3n) is 5.65. The summed E-state index contributed by atoms with van der Waals surface area (Å²) < 4.78 is 0. The molecular weight excluding hydrogens is 308 g/mol. The Labute approximate surface area is 150 Å². The molecule has 3 heteroatoms. The van der Waals surface area contributed by atoms with Gasteiger partial charge in [0.05, 0.1) is 0 Å². The van der Waals surface area contributed by atoms with E-state index >= 15 is 0 Å². The van der Waals surface area contributed by atoms with Gasteiger partial charge in [0.2, 0.25) is 0 Å². The summed E-state index contributed by atoms with van der Waals surface area (Å²) in [6.45, 7) is 2.80. The van der Waals surface area contributed by atoms with Crippen molar-refractivity contribution in [2.24, 2.45) is 5.92 Å². The largest absolute Gasteiger partial charge is 0.367 e. The van der Waals surface area contributed by atoms with Crippen LogP contribution in [-0.4, -0.2) is 19.0 Å². The highest BCUT2D eigenvalue weighted by atomic mass is 16.1. The summed E-state index contributed by atoms with van der Waals surface area (Å²) in [5.74, 6) is 0.735. The van der Waals surface area contributed by atoms with Crippen molar-refractivity contribution in [1.29, 1.82) is 0 Å². The van der Waals surface area contributed by atoms with Crippen molar-refractivity contribution in [3.8, 4) is 0 Å². The second kappa shape index (κ2) is 7.30. The minimum Gasteiger partial charge on any atom is -0.367 e. The molecule has 1 N–H and O–H groups in total. The number of rotatable bonds is 4. The van der Waals surface area contributed by atoms with Crippen LogP contribution in [0.3, 0.4) is 0 Å². The molecule has 1 aliphatic heterocycles. The summed E-state index contributed by atoms with van der Waals surface area (Å²) in [5.41, 5.74) is 4.83. The van der Waals surface area contributed by atoms with E-state index in [-0.39, 0.29) is 5.91 Å². The zero-order valence-corrected chi connectivity index (χ0v) is 14.7. The Hall–Kier alpha value is -2.29. The van der Waals surface area contributed by atoms with E-state index in [0.29, 0.717) is 5.92 Å². The highest BCUT2D eigenvalue weighted by molar-refractivity contribution is 5.94. The summed E-state index contributed by atoms with van der Waals surface area (Å²) >= 11 is 0. The van der Waals surface area contributed by atoms with Crippen LogP contribution in [0.25, 0.3) is 0 Å². The number of anilines is 1. The van der Waals surface area contributed by atoms with Gasteiger partial charge >= 0.3 is 0 Å². The number of hydrogen-bond acceptors (Lipinski definition) is 2. The molecule has 1 heterocycles. The van der Waals surface area contributed by atoms with Crippen LogP contribution in [0.4, 0.5) is 5.69 Å². The standard InChI is InChI=1S/C22H26N2O/c25-22(23-15-17-5-1-2-6-17)19-9-11-21(12-10-19)24-14-13-18-7-3-4-8-20(18)16-24/h3-4,7-12,17H,1-2,5-6,13-16H2,(H,23,25). The number of nitrogens with zero attached hydrogens (tertiary/aromatic N) is 1. The van der Waals surface area contributed by atoms with Crippen molar-refractivity contribution >= 4 is 11.6 Å². The Balaban J connectivity index is 1.37. The minimum atomic E-state index is 0.0578. The molecular formula is C22H26N2O. The molecule has 0 radical (unpaired) electrons. The van der Waals surface area contributed by atoms with Gasteiger partial charge in [-0.2, -0.15) is 0 Å². The summed E-state index contributed by atoms with van der Waals surface area (Å²) in [5, 5.41) is 3.10. The van der Waals surface area contributed by atoms with Crippen LogP contribution in [0.2, 0.25) is 0 Å². The number of carbonyl (C=O) groups excluding carboxylic acids is 1. The van der Waals surface area contributed by atoms with Crippen LogP contribution in [0, 0.1) is 5.92 Å². The number of amides is 1. The first-order valence-corrected chi connectivity index (χ1v) is 9.49. The third kappa shape index (κ3) is 3.71. The Morgan fingerprint density at radius 2 is 1.72 bits per heavy atom. The van der Waals surface area contributed by atoms with Gasteiger partial charge < -0.3 is 10.2 Å². The van der Waals surface area contributed by atoms with Gasteiger partial charge in [0.1, 0.15) is 0 Å². The zero-order chi connectivity index (χ0) is 17.1. The van der Waals surface area contributed by atoms with Crippen LogP contribution in [0.5, 0.6) is 0 Å². The lowest BCUT2D eigenvalue weighted by Crippen LogP contribution is -2.30. The van der Waals surface area contributed by atoms with Crippen LogP contribution in [0.15, 0.2) is 48.5 Å². The van der Waals surface area contributed by atoms with E-state index in [2.05, 4.69) is 46.6 Å². The lowest BCUT2D eigenvalue weighted by molar-refractivity contribution is 0.0947. The van der Waals surface area contributed by atoms with E-state index < -0.39 is 0 Å². The van der Waals surface area contributed by atoms with Crippen molar-refractivity contribution in [3.05, 3.63) is 65.2 Å². The maximum Gasteiger partial charge on any atom is 0.251 e. The highest BCUT2D eigenvalue weighted by Crippen LogP contribution is 2.25. The van der Waals surface area contributed by atoms with Crippen LogP contribution in [0.1, 0.15) is 47.2 Å². The van der Waals surface area contributed by atoms with E-state index in [1.807, 2.05) is 12.1 Å². The van der Waals surface area contributed by atoms with Crippen LogP contribution < -0.4 is 10.2 Å². The molecule has 1 saturated carbocycles. The molecule has 1 fully saturated rings. The molecule has 0 spiro atoms. The molecule has 0 bridgehead atoms. The molecule has 3 nitrogen and oxygen atoms in total. The van der Waals surface area contributed by atoms with Crippen molar-refractivity contribution in [3.63, 3.8) is 0 Å². The first-order chi connectivity index (χ1) is 12.3. The van der Waals surface area contributed by atoms with E-state index in [9.17, 15) is 4.79 Å². The molecule has 130 valence electrons. The lowest BCUT2D eigenvalue weighted by Gasteiger charge is -2.30. The molecule has 4 rings (SSSR count). The predicted octanol–water partition coefficient (Wildman–Crippen LogP) is 4.17. The molecule has 0 unspecified atom stereocenters. The molecule has 1 aliphatic carbocycles. The second-order valence-corrected chi connectivity index (χ2v) is 7.35. The average Bonchev–Trinajstić information content (AvgIpc) is 3.19. The molecule has 2 aromatic carbocycles. The van der Waals surface area contributed by atoms with Gasteiger partial charge in [0.25, 0.3) is 5.91 Å². The Bertz CT molecular complexity index is 732. The van der Waals surface area contributed by atoms with E-state index in [0.717, 1.165) is 31.6 Å². The van der Waals surface area contributed by atoms with Gasteiger partial charge in [-0.3, -0.25) is 4.79 Å². The number of nitrogens with one attached hydrogen (secondary N) is 1. The summed E-state index contributed by atoms with van der Waals surface area (Å²) in [4.78, 5) is 14.7. The minimum absolute atomic E-state index is 0.0578. The smallest absolute Gasteiger partial charge is 0.251 e. The number of benzene rings is 2. The van der Waals surface area contributed by atoms with E-state index in [1.165, 1.54) is 42.5 Å². The summed E-state index contributed by atoms with van der Waals surface area (Å²) in [7, 11) is 0. The van der Waals surface area contributed by atoms with E-state index in [4.69, 9.17) is 0 Å². The van der Waals surface area contributed by atoms with Gasteiger partial charge in [-0.05, 0) is 60.6 Å². The molecule has 0 aromatic heterocycles. The van der Waals surface area contributed by atoms with E-state index in [1.54, 1.807) is 0 Å². The number of hydrogen-bond donors (Lipinski definition) is 1. The maximum absolute atomic E-state index is 12.3. The van der Waals surface area contributed by atoms with Gasteiger partial charge in [0, 0.05) is 30.9 Å². The van der Waals surface area contributed by atoms with Gasteiger partial charge in [-0.1, -0.05) is 37.1 Å². The molecule has 2 aromatic rings.